The van der Waals surface area contributed by atoms with Crippen LogP contribution in [0.5, 0.6) is 0 Å². The Bertz CT molecular complexity index is 708. The molecule has 1 heterocycles. The first kappa shape index (κ1) is 13.4. The van der Waals surface area contributed by atoms with Crippen molar-refractivity contribution in [1.29, 1.82) is 0 Å². The van der Waals surface area contributed by atoms with E-state index in [0.717, 1.165) is 0 Å². The molecule has 2 rings (SSSR count). The molecule has 6 nitrogen and oxygen atoms in total. The molecule has 2 N–H and O–H groups in total. The van der Waals surface area contributed by atoms with E-state index in [0.29, 0.717) is 16.9 Å². The molecule has 0 atom stereocenters. The molecule has 0 saturated heterocycles. The molecule has 1 aromatic carbocycles. The van der Waals surface area contributed by atoms with Crippen LogP contribution in [0.4, 0.5) is 11.4 Å². The summed E-state index contributed by atoms with van der Waals surface area (Å²) in [6.07, 6.45) is 1.52. The second-order valence-corrected chi connectivity index (χ2v) is 4.14. The maximum atomic E-state index is 12.0. The van der Waals surface area contributed by atoms with Gasteiger partial charge in [0.25, 0.3) is 5.91 Å². The topological polar surface area (TPSA) is 75.7 Å². The van der Waals surface area contributed by atoms with Crippen LogP contribution in [0.2, 0.25) is 0 Å². The van der Waals surface area contributed by atoms with Crippen LogP contribution in [0.25, 0.3) is 4.85 Å². The molecule has 2 aromatic rings. The van der Waals surface area contributed by atoms with Crippen molar-refractivity contribution in [2.24, 2.45) is 7.05 Å². The molecule has 1 amide bonds. The highest BCUT2D eigenvalue weighted by Gasteiger charge is 2.12. The van der Waals surface area contributed by atoms with Crippen LogP contribution >= 0.6 is 0 Å². The molecule has 0 aliphatic rings. The largest absolute Gasteiger partial charge is 0.477 e. The van der Waals surface area contributed by atoms with Gasteiger partial charge in [-0.3, -0.25) is 4.79 Å². The van der Waals surface area contributed by atoms with E-state index in [4.69, 9.17) is 11.7 Å². The van der Waals surface area contributed by atoms with Crippen molar-refractivity contribution in [2.75, 3.05) is 5.32 Å². The summed E-state index contributed by atoms with van der Waals surface area (Å²) >= 11 is 0. The summed E-state index contributed by atoms with van der Waals surface area (Å²) in [7, 11) is 1.59. The Kier molecular flexibility index (Phi) is 3.53. The van der Waals surface area contributed by atoms with Gasteiger partial charge in [-0.2, -0.15) is 0 Å². The maximum absolute atomic E-state index is 12.0. The number of aryl methyl sites for hydroxylation is 1. The first-order chi connectivity index (χ1) is 9.51. The molecular formula is C14H11N3O3. The minimum absolute atomic E-state index is 0.0867. The number of nitrogens with zero attached hydrogens (tertiary/aromatic N) is 2. The van der Waals surface area contributed by atoms with Gasteiger partial charge in [0, 0.05) is 18.8 Å². The van der Waals surface area contributed by atoms with Gasteiger partial charge in [0.15, 0.2) is 5.69 Å². The third kappa shape index (κ3) is 2.67. The van der Waals surface area contributed by atoms with Gasteiger partial charge in [-0.25, -0.2) is 9.64 Å². The van der Waals surface area contributed by atoms with Gasteiger partial charge >= 0.3 is 5.97 Å². The molecule has 6 heteroatoms. The van der Waals surface area contributed by atoms with Crippen molar-refractivity contribution >= 4 is 23.3 Å². The second-order valence-electron chi connectivity index (χ2n) is 4.14. The molecule has 0 aliphatic heterocycles. The van der Waals surface area contributed by atoms with Gasteiger partial charge in [0.2, 0.25) is 0 Å². The Balaban J connectivity index is 2.17. The minimum atomic E-state index is -1.06. The fourth-order valence-electron chi connectivity index (χ4n) is 1.74. The molecule has 0 fully saturated rings. The fourth-order valence-corrected chi connectivity index (χ4v) is 1.74. The highest BCUT2D eigenvalue weighted by Crippen LogP contribution is 2.16. The number of benzene rings is 1. The Labute approximate surface area is 115 Å². The predicted molar refractivity (Wildman–Crippen MR) is 73.0 cm³/mol. The molecule has 0 bridgehead atoms. The number of carbonyl (C=O) groups excluding carboxylic acids is 1. The number of aromatic nitrogens is 1. The van der Waals surface area contributed by atoms with Crippen LogP contribution in [-0.2, 0) is 7.05 Å². The summed E-state index contributed by atoms with van der Waals surface area (Å²) in [5.74, 6) is -1.42. The second kappa shape index (κ2) is 5.28. The zero-order chi connectivity index (χ0) is 14.7. The Hall–Kier alpha value is -3.07. The number of amides is 1. The van der Waals surface area contributed by atoms with Gasteiger partial charge in [0.1, 0.15) is 5.69 Å². The molecule has 0 radical (unpaired) electrons. The monoisotopic (exact) mass is 269 g/mol. The number of nitrogens with one attached hydrogen (secondary N) is 1. The summed E-state index contributed by atoms with van der Waals surface area (Å²) in [4.78, 5) is 26.1. The zero-order valence-corrected chi connectivity index (χ0v) is 10.6. The number of rotatable bonds is 3. The number of aromatic carboxylic acids is 1. The number of hydrogen-bond acceptors (Lipinski definition) is 2. The number of carboxylic acid groups (broad SMARTS) is 1. The molecule has 0 unspecified atom stereocenters. The minimum Gasteiger partial charge on any atom is -0.477 e. The van der Waals surface area contributed by atoms with Crippen LogP contribution in [-0.4, -0.2) is 21.6 Å². The molecule has 0 saturated carbocycles. The van der Waals surface area contributed by atoms with E-state index in [-0.39, 0.29) is 11.6 Å². The number of anilines is 1. The van der Waals surface area contributed by atoms with Gasteiger partial charge in [-0.05, 0) is 6.07 Å². The van der Waals surface area contributed by atoms with E-state index in [1.165, 1.54) is 16.8 Å². The first-order valence-corrected chi connectivity index (χ1v) is 5.70. The molecule has 0 aliphatic carbocycles. The first-order valence-electron chi connectivity index (χ1n) is 5.70. The smallest absolute Gasteiger partial charge is 0.352 e. The lowest BCUT2D eigenvalue weighted by atomic mass is 10.2. The van der Waals surface area contributed by atoms with Gasteiger partial charge in [-0.15, -0.1) is 0 Å². The Morgan fingerprint density at radius 1 is 1.30 bits per heavy atom. The fraction of sp³-hybridized carbons (Fsp3) is 0.0714. The Morgan fingerprint density at radius 2 is 1.95 bits per heavy atom. The number of carboxylic acids is 1. The van der Waals surface area contributed by atoms with Crippen molar-refractivity contribution in [3.8, 4) is 0 Å². The summed E-state index contributed by atoms with van der Waals surface area (Å²) < 4.78 is 1.42. The Morgan fingerprint density at radius 3 is 2.45 bits per heavy atom. The number of hydrogen-bond donors (Lipinski definition) is 2. The van der Waals surface area contributed by atoms with E-state index in [1.807, 2.05) is 0 Å². The summed E-state index contributed by atoms with van der Waals surface area (Å²) in [5, 5.41) is 11.5. The van der Waals surface area contributed by atoms with Crippen molar-refractivity contribution in [3.63, 3.8) is 0 Å². The standard InChI is InChI=1S/C14H11N3O3/c1-15-10-5-3-9(4-6-10)13(18)16-11-7-12(14(19)20)17(2)8-11/h3-8H,2H3,(H,16,18)(H,19,20). The van der Waals surface area contributed by atoms with E-state index < -0.39 is 5.97 Å². The van der Waals surface area contributed by atoms with Crippen molar-refractivity contribution in [1.82, 2.24) is 4.57 Å². The molecule has 20 heavy (non-hydrogen) atoms. The third-order valence-corrected chi connectivity index (χ3v) is 2.74. The van der Waals surface area contributed by atoms with Crippen LogP contribution in [0.3, 0.4) is 0 Å². The highest BCUT2D eigenvalue weighted by atomic mass is 16.4. The summed E-state index contributed by atoms with van der Waals surface area (Å²) in [5.41, 5.74) is 1.35. The summed E-state index contributed by atoms with van der Waals surface area (Å²) in [6.45, 7) is 6.83. The van der Waals surface area contributed by atoms with Crippen molar-refractivity contribution in [3.05, 3.63) is 59.2 Å². The van der Waals surface area contributed by atoms with Crippen LogP contribution in [0.1, 0.15) is 20.8 Å². The molecule has 1 aromatic heterocycles. The van der Waals surface area contributed by atoms with Crippen LogP contribution < -0.4 is 5.32 Å². The van der Waals surface area contributed by atoms with Crippen molar-refractivity contribution in [2.45, 2.75) is 0 Å². The van der Waals surface area contributed by atoms with Gasteiger partial charge in [0.05, 0.1) is 12.3 Å². The number of carbonyl (C=O) groups is 2. The van der Waals surface area contributed by atoms with E-state index in [1.54, 1.807) is 31.3 Å². The molecule has 100 valence electrons. The highest BCUT2D eigenvalue weighted by molar-refractivity contribution is 6.05. The molecular weight excluding hydrogens is 258 g/mol. The normalized spacial score (nSPS) is 9.80. The van der Waals surface area contributed by atoms with E-state index in [2.05, 4.69) is 10.2 Å². The lowest BCUT2D eigenvalue weighted by Crippen LogP contribution is -2.11. The third-order valence-electron chi connectivity index (χ3n) is 2.74. The predicted octanol–water partition coefficient (Wildman–Crippen LogP) is 2.53. The maximum Gasteiger partial charge on any atom is 0.352 e. The quantitative estimate of drug-likeness (QED) is 0.841. The average molecular weight is 269 g/mol. The summed E-state index contributed by atoms with van der Waals surface area (Å²) in [6, 6.07) is 7.58. The van der Waals surface area contributed by atoms with Crippen LogP contribution in [0, 0.1) is 6.57 Å². The van der Waals surface area contributed by atoms with Crippen molar-refractivity contribution < 1.29 is 14.7 Å². The SMILES string of the molecule is [C-]#[N+]c1ccc(C(=O)Nc2cc(C(=O)O)n(C)c2)cc1. The molecule has 0 spiro atoms. The van der Waals surface area contributed by atoms with Gasteiger partial charge in [-0.1, -0.05) is 24.3 Å². The van der Waals surface area contributed by atoms with Gasteiger partial charge < -0.3 is 15.0 Å². The zero-order valence-electron chi connectivity index (χ0n) is 10.6. The van der Waals surface area contributed by atoms with E-state index >= 15 is 0 Å². The van der Waals surface area contributed by atoms with E-state index in [9.17, 15) is 9.59 Å². The average Bonchev–Trinajstić information content (AvgIpc) is 2.79. The van der Waals surface area contributed by atoms with Crippen LogP contribution in [0.15, 0.2) is 36.5 Å². The lowest BCUT2D eigenvalue weighted by molar-refractivity contribution is 0.0686. The lowest BCUT2D eigenvalue weighted by Gasteiger charge is -2.02.